The van der Waals surface area contributed by atoms with Crippen LogP contribution in [-0.4, -0.2) is 25.4 Å². The van der Waals surface area contributed by atoms with Crippen LogP contribution in [0.5, 0.6) is 0 Å². The van der Waals surface area contributed by atoms with E-state index < -0.39 is 16.1 Å². The topological polar surface area (TPSA) is 85.5 Å². The Morgan fingerprint density at radius 2 is 2.11 bits per heavy atom. The van der Waals surface area contributed by atoms with Crippen LogP contribution in [0.2, 0.25) is 0 Å². The van der Waals surface area contributed by atoms with E-state index in [9.17, 15) is 13.2 Å². The number of hydrogen-bond donors (Lipinski definition) is 1. The summed E-state index contributed by atoms with van der Waals surface area (Å²) in [6, 6.07) is 0. The van der Waals surface area contributed by atoms with Gasteiger partial charge in [0.2, 0.25) is 0 Å². The number of sulfonamides is 1. The van der Waals surface area contributed by atoms with E-state index in [2.05, 4.69) is 4.72 Å². The lowest BCUT2D eigenvalue weighted by atomic mass is 11.0. The molecule has 0 saturated carbocycles. The first-order valence-corrected chi connectivity index (χ1v) is 3.77. The van der Waals surface area contributed by atoms with Crippen molar-refractivity contribution in [3.63, 3.8) is 0 Å². The van der Waals surface area contributed by atoms with Crippen LogP contribution in [0.25, 0.3) is 0 Å². The molecule has 53 valence electrons. The highest BCUT2D eigenvalue weighted by Crippen LogP contribution is 1.83. The van der Waals surface area contributed by atoms with Gasteiger partial charge in [-0.15, -0.1) is 0 Å². The zero-order valence-electron chi connectivity index (χ0n) is 4.73. The lowest BCUT2D eigenvalue weighted by Crippen LogP contribution is -2.22. The van der Waals surface area contributed by atoms with Crippen molar-refractivity contribution in [3.8, 4) is 0 Å². The molecule has 0 aliphatic carbocycles. The van der Waals surface area contributed by atoms with Gasteiger partial charge in [-0.1, -0.05) is 4.72 Å². The molecule has 0 atom stereocenters. The minimum atomic E-state index is -3.69. The van der Waals surface area contributed by atoms with Gasteiger partial charge in [0.15, 0.2) is 0 Å². The van der Waals surface area contributed by atoms with Crippen LogP contribution >= 0.6 is 0 Å². The van der Waals surface area contributed by atoms with Gasteiger partial charge in [0, 0.05) is 0 Å². The summed E-state index contributed by atoms with van der Waals surface area (Å²) in [4.78, 5) is 9.63. The highest BCUT2D eigenvalue weighted by atomic mass is 32.2. The van der Waals surface area contributed by atoms with E-state index >= 15 is 0 Å². The minimum absolute atomic E-state index is 0.278. The fourth-order valence-electron chi connectivity index (χ4n) is 0.184. The molecule has 1 amide bonds. The lowest BCUT2D eigenvalue weighted by molar-refractivity contribution is 0.200. The number of carboxylic acid groups (broad SMARTS) is 1. The lowest BCUT2D eigenvalue weighted by Gasteiger charge is -1.92. The van der Waals surface area contributed by atoms with Crippen molar-refractivity contribution >= 4 is 16.1 Å². The number of hydrogen-bond acceptors (Lipinski definition) is 3. The molecule has 0 fully saturated rings. The van der Waals surface area contributed by atoms with Gasteiger partial charge in [0.05, 0.1) is 5.75 Å². The van der Waals surface area contributed by atoms with Gasteiger partial charge in [-0.25, -0.2) is 13.2 Å². The summed E-state index contributed by atoms with van der Waals surface area (Å²) >= 11 is 0. The predicted molar refractivity (Wildman–Crippen MR) is 29.6 cm³/mol. The third kappa shape index (κ3) is 3.77. The third-order valence-corrected chi connectivity index (χ3v) is 1.75. The minimum Gasteiger partial charge on any atom is -0.463 e. The Morgan fingerprint density at radius 3 is 2.22 bits per heavy atom. The van der Waals surface area contributed by atoms with Crippen molar-refractivity contribution < 1.29 is 18.3 Å². The maximum Gasteiger partial charge on any atom is 0.442 e. The van der Waals surface area contributed by atoms with Gasteiger partial charge in [-0.3, -0.25) is 0 Å². The van der Waals surface area contributed by atoms with Crippen LogP contribution in [0.4, 0.5) is 4.79 Å². The van der Waals surface area contributed by atoms with Crippen LogP contribution in [-0.2, 0) is 10.0 Å². The highest BCUT2D eigenvalue weighted by Gasteiger charge is 2.12. The first-order chi connectivity index (χ1) is 3.98. The maximum atomic E-state index is 10.3. The van der Waals surface area contributed by atoms with Crippen molar-refractivity contribution in [1.29, 1.82) is 0 Å². The van der Waals surface area contributed by atoms with E-state index in [1.165, 1.54) is 6.92 Å². The second-order valence-electron chi connectivity index (χ2n) is 1.24. The van der Waals surface area contributed by atoms with E-state index in [-0.39, 0.29) is 5.75 Å². The zero-order chi connectivity index (χ0) is 7.49. The fourth-order valence-corrected chi connectivity index (χ4v) is 0.551. The molecule has 0 aromatic rings. The number of amides is 1. The molecule has 1 radical (unpaired) electrons. The van der Waals surface area contributed by atoms with Crippen molar-refractivity contribution in [2.24, 2.45) is 0 Å². The van der Waals surface area contributed by atoms with Crippen molar-refractivity contribution in [2.45, 2.75) is 6.92 Å². The van der Waals surface area contributed by atoms with Gasteiger partial charge in [0.1, 0.15) is 0 Å². The Hall–Kier alpha value is -0.780. The van der Waals surface area contributed by atoms with Crippen molar-refractivity contribution in [3.05, 3.63) is 0 Å². The highest BCUT2D eigenvalue weighted by molar-refractivity contribution is 7.89. The molecule has 0 aliphatic heterocycles. The SMILES string of the molecule is CCS(=O)(=O)[N]C(=O)O. The molecule has 0 aromatic carbocycles. The first kappa shape index (κ1) is 8.22. The Bertz CT molecular complexity index is 194. The largest absolute Gasteiger partial charge is 0.463 e. The Labute approximate surface area is 52.7 Å². The van der Waals surface area contributed by atoms with E-state index in [0.29, 0.717) is 0 Å². The molecule has 0 spiro atoms. The van der Waals surface area contributed by atoms with E-state index in [4.69, 9.17) is 5.11 Å². The fraction of sp³-hybridized carbons (Fsp3) is 0.667. The quantitative estimate of drug-likeness (QED) is 0.584. The monoisotopic (exact) mass is 152 g/mol. The molecule has 6 heteroatoms. The molecule has 0 unspecified atom stereocenters. The molecule has 0 aliphatic rings. The Kier molecular flexibility index (Phi) is 2.44. The second-order valence-corrected chi connectivity index (χ2v) is 3.17. The average Bonchev–Trinajstić information content (AvgIpc) is 1.63. The molecule has 0 saturated heterocycles. The van der Waals surface area contributed by atoms with Crippen LogP contribution in [0.15, 0.2) is 0 Å². The second kappa shape index (κ2) is 2.67. The van der Waals surface area contributed by atoms with Gasteiger partial charge < -0.3 is 5.11 Å². The molecule has 0 aromatic heterocycles. The number of nitrogens with zero attached hydrogens (tertiary/aromatic N) is 1. The molecule has 1 N–H and O–H groups in total. The summed E-state index contributed by atoms with van der Waals surface area (Å²) in [6.45, 7) is 1.32. The van der Waals surface area contributed by atoms with Crippen LogP contribution in [0.1, 0.15) is 6.92 Å². The molecule has 0 heterocycles. The van der Waals surface area contributed by atoms with Crippen LogP contribution in [0.3, 0.4) is 0 Å². The normalized spacial score (nSPS) is 10.8. The van der Waals surface area contributed by atoms with Crippen molar-refractivity contribution in [2.75, 3.05) is 5.75 Å². The standard InChI is InChI=1S/C3H6NO4S/c1-2-9(7,8)4-3(5)6/h2H2,1H3,(H,5,6). The molecular weight excluding hydrogens is 146 g/mol. The molecule has 9 heavy (non-hydrogen) atoms. The maximum absolute atomic E-state index is 10.3. The summed E-state index contributed by atoms with van der Waals surface area (Å²) in [5.74, 6) is -0.278. The molecule has 0 bridgehead atoms. The molecular formula is C3H6NO4S. The van der Waals surface area contributed by atoms with E-state index in [1.807, 2.05) is 0 Å². The van der Waals surface area contributed by atoms with Crippen LogP contribution in [0, 0.1) is 0 Å². The predicted octanol–water partition coefficient (Wildman–Crippen LogP) is -0.381. The zero-order valence-corrected chi connectivity index (χ0v) is 5.55. The summed E-state index contributed by atoms with van der Waals surface area (Å²) in [5, 5.41) is 7.83. The summed E-state index contributed by atoms with van der Waals surface area (Å²) in [7, 11) is -3.69. The Balaban J connectivity index is 4.06. The first-order valence-electron chi connectivity index (χ1n) is 2.16. The summed E-state index contributed by atoms with van der Waals surface area (Å²) < 4.78 is 22.9. The van der Waals surface area contributed by atoms with Gasteiger partial charge in [-0.05, 0) is 6.92 Å². The van der Waals surface area contributed by atoms with Gasteiger partial charge >= 0.3 is 6.09 Å². The number of rotatable bonds is 2. The molecule has 0 rings (SSSR count). The number of carbonyl (C=O) groups is 1. The van der Waals surface area contributed by atoms with Crippen LogP contribution < -0.4 is 4.72 Å². The van der Waals surface area contributed by atoms with Gasteiger partial charge in [0.25, 0.3) is 10.0 Å². The average molecular weight is 152 g/mol. The molecule has 5 nitrogen and oxygen atoms in total. The van der Waals surface area contributed by atoms with E-state index in [1.54, 1.807) is 0 Å². The Morgan fingerprint density at radius 1 is 1.67 bits per heavy atom. The van der Waals surface area contributed by atoms with E-state index in [0.717, 1.165) is 0 Å². The van der Waals surface area contributed by atoms with Gasteiger partial charge in [-0.2, -0.15) is 0 Å². The smallest absolute Gasteiger partial charge is 0.442 e. The summed E-state index contributed by atoms with van der Waals surface area (Å²) in [6.07, 6.45) is -1.67. The summed E-state index contributed by atoms with van der Waals surface area (Å²) in [5.41, 5.74) is 0. The third-order valence-electron chi connectivity index (χ3n) is 0.582. The van der Waals surface area contributed by atoms with Crippen molar-refractivity contribution in [1.82, 2.24) is 4.72 Å².